The second-order valence-electron chi connectivity index (χ2n) is 4.94. The Kier molecular flexibility index (Phi) is 4.33. The Labute approximate surface area is 107 Å². The lowest BCUT2D eigenvalue weighted by atomic mass is 10.1. The number of hydrogen-bond acceptors (Lipinski definition) is 4. The van der Waals surface area contributed by atoms with Crippen molar-refractivity contribution in [3.63, 3.8) is 0 Å². The summed E-state index contributed by atoms with van der Waals surface area (Å²) in [4.78, 5) is 16.0. The monoisotopic (exact) mass is 251 g/mol. The average Bonchev–Trinajstić information content (AvgIpc) is 2.82. The van der Waals surface area contributed by atoms with Crippen molar-refractivity contribution in [2.75, 3.05) is 13.1 Å². The average molecular weight is 251 g/mol. The van der Waals surface area contributed by atoms with E-state index in [9.17, 15) is 4.79 Å². The molecule has 0 saturated carbocycles. The zero-order chi connectivity index (χ0) is 13.0. The Morgan fingerprint density at radius 3 is 3.00 bits per heavy atom. The fourth-order valence-electron chi connectivity index (χ4n) is 2.07. The van der Waals surface area contributed by atoms with Gasteiger partial charge in [-0.3, -0.25) is 4.79 Å². The fraction of sp³-hybridized carbons (Fsp3) is 0.667. The van der Waals surface area contributed by atoms with Crippen LogP contribution in [0.5, 0.6) is 0 Å². The number of nitrogens with zero attached hydrogens (tertiary/aromatic N) is 2. The van der Waals surface area contributed by atoms with Crippen LogP contribution in [0.25, 0.3) is 0 Å². The van der Waals surface area contributed by atoms with E-state index >= 15 is 0 Å². The number of piperazine rings is 1. The molecule has 1 amide bonds. The summed E-state index contributed by atoms with van der Waals surface area (Å²) in [5.74, 6) is 0.0574. The molecule has 3 N–H and O–H groups in total. The fourth-order valence-corrected chi connectivity index (χ4v) is 2.07. The number of amides is 1. The number of imidazole rings is 1. The molecule has 1 aliphatic heterocycles. The lowest BCUT2D eigenvalue weighted by molar-refractivity contribution is -0.124. The molecule has 2 rings (SSSR count). The van der Waals surface area contributed by atoms with Crippen LogP contribution in [-0.4, -0.2) is 46.7 Å². The van der Waals surface area contributed by atoms with Gasteiger partial charge in [-0.2, -0.15) is 0 Å². The van der Waals surface area contributed by atoms with Gasteiger partial charge in [-0.25, -0.2) is 4.98 Å². The largest absolute Gasteiger partial charge is 0.350 e. The molecule has 18 heavy (non-hydrogen) atoms. The Hall–Kier alpha value is -1.40. The highest BCUT2D eigenvalue weighted by molar-refractivity contribution is 5.82. The zero-order valence-electron chi connectivity index (χ0n) is 10.9. The van der Waals surface area contributed by atoms with Crippen LogP contribution in [0.4, 0.5) is 0 Å². The van der Waals surface area contributed by atoms with E-state index < -0.39 is 0 Å². The summed E-state index contributed by atoms with van der Waals surface area (Å²) in [6.45, 7) is 6.35. The molecule has 1 fully saturated rings. The van der Waals surface area contributed by atoms with Gasteiger partial charge in [0.05, 0.1) is 12.4 Å². The van der Waals surface area contributed by atoms with Gasteiger partial charge in [-0.15, -0.1) is 0 Å². The summed E-state index contributed by atoms with van der Waals surface area (Å²) in [6.07, 6.45) is 5.39. The van der Waals surface area contributed by atoms with E-state index in [4.69, 9.17) is 0 Å². The van der Waals surface area contributed by atoms with Gasteiger partial charge in [-0.05, 0) is 13.8 Å². The maximum absolute atomic E-state index is 12.0. The molecule has 0 radical (unpaired) electrons. The van der Waals surface area contributed by atoms with Crippen LogP contribution in [0.15, 0.2) is 18.7 Å². The number of carbonyl (C=O) groups is 1. The number of hydrogen-bond donors (Lipinski definition) is 3. The van der Waals surface area contributed by atoms with Crippen molar-refractivity contribution in [2.45, 2.75) is 38.5 Å². The van der Waals surface area contributed by atoms with Crippen molar-refractivity contribution in [3.8, 4) is 0 Å². The first-order valence-electron chi connectivity index (χ1n) is 6.38. The molecule has 1 aromatic rings. The molecule has 1 aromatic heterocycles. The second kappa shape index (κ2) is 5.97. The summed E-state index contributed by atoms with van der Waals surface area (Å²) >= 11 is 0. The highest BCUT2D eigenvalue weighted by atomic mass is 16.2. The van der Waals surface area contributed by atoms with Crippen molar-refractivity contribution >= 4 is 5.91 Å². The van der Waals surface area contributed by atoms with Crippen LogP contribution in [0.3, 0.4) is 0 Å². The quantitative estimate of drug-likeness (QED) is 0.664. The molecule has 3 atom stereocenters. The molecule has 6 heteroatoms. The van der Waals surface area contributed by atoms with Crippen molar-refractivity contribution in [1.82, 2.24) is 25.5 Å². The van der Waals surface area contributed by atoms with Crippen LogP contribution < -0.4 is 16.0 Å². The SMILES string of the molecule is CC1CNC(C(=O)NC(C)Cn2ccnc2)CN1. The topological polar surface area (TPSA) is 71.0 Å². The van der Waals surface area contributed by atoms with Crippen LogP contribution in [-0.2, 0) is 11.3 Å². The van der Waals surface area contributed by atoms with E-state index in [0.717, 1.165) is 13.1 Å². The first kappa shape index (κ1) is 13.0. The van der Waals surface area contributed by atoms with Gasteiger partial charge in [-0.1, -0.05) is 0 Å². The van der Waals surface area contributed by atoms with Gasteiger partial charge < -0.3 is 20.5 Å². The lowest BCUT2D eigenvalue weighted by Gasteiger charge is -2.29. The normalized spacial score (nSPS) is 25.7. The predicted molar refractivity (Wildman–Crippen MR) is 69.1 cm³/mol. The third-order valence-corrected chi connectivity index (χ3v) is 3.09. The minimum absolute atomic E-state index is 0.0574. The molecule has 1 saturated heterocycles. The van der Waals surface area contributed by atoms with Crippen LogP contribution >= 0.6 is 0 Å². The molecule has 2 heterocycles. The van der Waals surface area contributed by atoms with Crippen molar-refractivity contribution in [2.24, 2.45) is 0 Å². The summed E-state index contributed by atoms with van der Waals surface area (Å²) in [7, 11) is 0. The van der Waals surface area contributed by atoms with E-state index in [2.05, 4.69) is 27.9 Å². The molecule has 0 spiro atoms. The molecular formula is C12H21N5O. The smallest absolute Gasteiger partial charge is 0.238 e. The number of nitrogens with one attached hydrogen (secondary N) is 3. The number of aromatic nitrogens is 2. The van der Waals surface area contributed by atoms with Crippen molar-refractivity contribution in [3.05, 3.63) is 18.7 Å². The van der Waals surface area contributed by atoms with E-state index in [-0.39, 0.29) is 18.0 Å². The summed E-state index contributed by atoms with van der Waals surface area (Å²) < 4.78 is 1.96. The predicted octanol–water partition coefficient (Wildman–Crippen LogP) is -0.662. The minimum Gasteiger partial charge on any atom is -0.350 e. The molecule has 0 bridgehead atoms. The van der Waals surface area contributed by atoms with Gasteiger partial charge in [0.2, 0.25) is 5.91 Å². The van der Waals surface area contributed by atoms with E-state index in [0.29, 0.717) is 12.6 Å². The summed E-state index contributed by atoms with van der Waals surface area (Å²) in [5, 5.41) is 9.55. The van der Waals surface area contributed by atoms with Crippen molar-refractivity contribution in [1.29, 1.82) is 0 Å². The lowest BCUT2D eigenvalue weighted by Crippen LogP contribution is -2.59. The van der Waals surface area contributed by atoms with Crippen LogP contribution in [0.1, 0.15) is 13.8 Å². The summed E-state index contributed by atoms with van der Waals surface area (Å²) in [5.41, 5.74) is 0. The number of carbonyl (C=O) groups excluding carboxylic acids is 1. The van der Waals surface area contributed by atoms with Gasteiger partial charge >= 0.3 is 0 Å². The molecular weight excluding hydrogens is 230 g/mol. The standard InChI is InChI=1S/C12H21N5O/c1-9-5-15-11(6-14-9)12(18)16-10(2)7-17-4-3-13-8-17/h3-4,8-11,14-15H,5-7H2,1-2H3,(H,16,18). The molecule has 3 unspecified atom stereocenters. The van der Waals surface area contributed by atoms with Crippen molar-refractivity contribution < 1.29 is 4.79 Å². The van der Waals surface area contributed by atoms with E-state index in [1.807, 2.05) is 17.7 Å². The minimum atomic E-state index is -0.133. The Morgan fingerprint density at radius 2 is 2.39 bits per heavy atom. The highest BCUT2D eigenvalue weighted by Crippen LogP contribution is 1.96. The second-order valence-corrected chi connectivity index (χ2v) is 4.94. The molecule has 0 aliphatic carbocycles. The summed E-state index contributed by atoms with van der Waals surface area (Å²) in [6, 6.07) is 0.386. The van der Waals surface area contributed by atoms with E-state index in [1.165, 1.54) is 0 Å². The van der Waals surface area contributed by atoms with Gasteiger partial charge in [0.15, 0.2) is 0 Å². The Bertz CT molecular complexity index is 370. The Morgan fingerprint density at radius 1 is 1.56 bits per heavy atom. The number of rotatable bonds is 4. The van der Waals surface area contributed by atoms with Crippen LogP contribution in [0.2, 0.25) is 0 Å². The maximum Gasteiger partial charge on any atom is 0.238 e. The third kappa shape index (κ3) is 3.54. The van der Waals surface area contributed by atoms with E-state index in [1.54, 1.807) is 12.5 Å². The maximum atomic E-state index is 12.0. The Balaban J connectivity index is 1.76. The van der Waals surface area contributed by atoms with Gasteiger partial charge in [0.1, 0.15) is 0 Å². The van der Waals surface area contributed by atoms with Crippen LogP contribution in [0, 0.1) is 0 Å². The van der Waals surface area contributed by atoms with Gasteiger partial charge in [0.25, 0.3) is 0 Å². The highest BCUT2D eigenvalue weighted by Gasteiger charge is 2.23. The van der Waals surface area contributed by atoms with Gasteiger partial charge in [0, 0.05) is 44.1 Å². The first-order valence-corrected chi connectivity index (χ1v) is 6.38. The molecule has 1 aliphatic rings. The molecule has 6 nitrogen and oxygen atoms in total. The zero-order valence-corrected chi connectivity index (χ0v) is 10.9. The first-order chi connectivity index (χ1) is 8.65. The molecule has 0 aromatic carbocycles. The molecule has 100 valence electrons. The third-order valence-electron chi connectivity index (χ3n) is 3.09.